The van der Waals surface area contributed by atoms with E-state index in [1.165, 1.54) is 25.0 Å². The van der Waals surface area contributed by atoms with Gasteiger partial charge in [-0.2, -0.15) is 0 Å². The minimum atomic E-state index is -0.243. The van der Waals surface area contributed by atoms with Crippen LogP contribution in [-0.2, 0) is 6.61 Å². The van der Waals surface area contributed by atoms with Crippen molar-refractivity contribution in [1.82, 2.24) is 4.90 Å². The first kappa shape index (κ1) is 15.0. The molecule has 0 atom stereocenters. The molecule has 0 amide bonds. The molecule has 2 aromatic carbocycles. The van der Waals surface area contributed by atoms with Crippen molar-refractivity contribution in [3.63, 3.8) is 0 Å². The van der Waals surface area contributed by atoms with Crippen molar-refractivity contribution in [3.05, 3.63) is 65.5 Å². The molecule has 0 aromatic heterocycles. The lowest BCUT2D eigenvalue weighted by molar-refractivity contribution is 0.305. The fourth-order valence-corrected chi connectivity index (χ4v) is 2.91. The summed E-state index contributed by atoms with van der Waals surface area (Å²) in [5.41, 5.74) is 1.87. The van der Waals surface area contributed by atoms with Gasteiger partial charge in [-0.15, -0.1) is 0 Å². The van der Waals surface area contributed by atoms with Crippen molar-refractivity contribution in [1.29, 1.82) is 0 Å². The van der Waals surface area contributed by atoms with Gasteiger partial charge in [-0.1, -0.05) is 24.4 Å². The number of nitrogens with zero attached hydrogens (tertiary/aromatic N) is 1. The van der Waals surface area contributed by atoms with Gasteiger partial charge in [0.05, 0.1) is 0 Å². The topological polar surface area (TPSA) is 12.5 Å². The molecule has 2 nitrogen and oxygen atoms in total. The van der Waals surface area contributed by atoms with E-state index in [1.54, 1.807) is 6.07 Å². The van der Waals surface area contributed by atoms with E-state index in [0.717, 1.165) is 35.0 Å². The molecule has 22 heavy (non-hydrogen) atoms. The molecule has 1 aliphatic rings. The van der Waals surface area contributed by atoms with Crippen molar-refractivity contribution in [2.24, 2.45) is 0 Å². The fourth-order valence-electron chi connectivity index (χ4n) is 2.59. The van der Waals surface area contributed by atoms with Crippen LogP contribution < -0.4 is 4.74 Å². The zero-order chi connectivity index (χ0) is 15.4. The molecule has 0 unspecified atom stereocenters. The maximum atomic E-state index is 13.1. The van der Waals surface area contributed by atoms with Crippen molar-refractivity contribution in [3.8, 4) is 5.75 Å². The first-order valence-electron chi connectivity index (χ1n) is 7.49. The normalized spacial score (nSPS) is 14.1. The molecule has 1 heterocycles. The second-order valence-electron chi connectivity index (χ2n) is 5.44. The Morgan fingerprint density at radius 3 is 2.50 bits per heavy atom. The van der Waals surface area contributed by atoms with E-state index in [1.807, 2.05) is 30.3 Å². The molecule has 114 valence electrons. The number of rotatable bonds is 4. The number of likely N-dealkylation sites (tertiary alicyclic amines) is 1. The third-order valence-corrected chi connectivity index (χ3v) is 4.28. The summed E-state index contributed by atoms with van der Waals surface area (Å²) in [7, 11) is 0. The van der Waals surface area contributed by atoms with Gasteiger partial charge in [-0.3, -0.25) is 0 Å². The molecule has 0 aliphatic carbocycles. The Morgan fingerprint density at radius 2 is 1.82 bits per heavy atom. The molecule has 3 rings (SSSR count). The van der Waals surface area contributed by atoms with Crippen LogP contribution in [0.3, 0.4) is 0 Å². The zero-order valence-electron chi connectivity index (χ0n) is 12.3. The third-order valence-electron chi connectivity index (χ3n) is 3.79. The summed E-state index contributed by atoms with van der Waals surface area (Å²) in [5, 5.41) is 0. The van der Waals surface area contributed by atoms with Gasteiger partial charge < -0.3 is 9.64 Å². The monoisotopic (exact) mass is 315 g/mol. The Bertz CT molecular complexity index is 650. The van der Waals surface area contributed by atoms with Crippen molar-refractivity contribution in [2.45, 2.75) is 19.4 Å². The lowest BCUT2D eigenvalue weighted by Gasteiger charge is -2.18. The predicted molar refractivity (Wildman–Crippen MR) is 89.7 cm³/mol. The summed E-state index contributed by atoms with van der Waals surface area (Å²) in [4.78, 5) is 3.16. The fraction of sp³-hybridized carbons (Fsp3) is 0.278. The molecule has 0 bridgehead atoms. The standard InChI is InChI=1S/C18H18FNOS/c19-16-5-3-4-14(12-16)13-21-17-8-6-15(7-9-17)18(22)20-10-1-2-11-20/h3-9,12H,1-2,10-11,13H2. The smallest absolute Gasteiger partial charge is 0.123 e. The number of ether oxygens (including phenoxy) is 1. The van der Waals surface area contributed by atoms with Crippen molar-refractivity contribution >= 4 is 17.2 Å². The quantitative estimate of drug-likeness (QED) is 0.786. The molecule has 4 heteroatoms. The lowest BCUT2D eigenvalue weighted by Crippen LogP contribution is -2.26. The number of benzene rings is 2. The van der Waals surface area contributed by atoms with Crippen LogP contribution in [0.5, 0.6) is 5.75 Å². The molecule has 1 aliphatic heterocycles. The molecule has 1 saturated heterocycles. The highest BCUT2D eigenvalue weighted by Crippen LogP contribution is 2.18. The molecule has 1 fully saturated rings. The zero-order valence-corrected chi connectivity index (χ0v) is 13.1. The van der Waals surface area contributed by atoms with Crippen LogP contribution in [0.1, 0.15) is 24.0 Å². The Balaban J connectivity index is 1.60. The highest BCUT2D eigenvalue weighted by Gasteiger charge is 2.15. The van der Waals surface area contributed by atoms with Crippen molar-refractivity contribution in [2.75, 3.05) is 13.1 Å². The van der Waals surface area contributed by atoms with Gasteiger partial charge in [0, 0.05) is 18.7 Å². The summed E-state index contributed by atoms with van der Waals surface area (Å²) < 4.78 is 18.8. The average molecular weight is 315 g/mol. The van der Waals surface area contributed by atoms with E-state index in [9.17, 15) is 4.39 Å². The van der Waals surface area contributed by atoms with Crippen LogP contribution in [-0.4, -0.2) is 23.0 Å². The molecule has 0 spiro atoms. The molecule has 2 aromatic rings. The van der Waals surface area contributed by atoms with Crippen LogP contribution in [0, 0.1) is 5.82 Å². The van der Waals surface area contributed by atoms with Crippen LogP contribution in [0.4, 0.5) is 4.39 Å². The summed E-state index contributed by atoms with van der Waals surface area (Å²) in [5.74, 6) is 0.518. The first-order valence-corrected chi connectivity index (χ1v) is 7.90. The molecular formula is C18H18FNOS. The summed E-state index contributed by atoms with van der Waals surface area (Å²) in [6.07, 6.45) is 2.43. The van der Waals surface area contributed by atoms with Gasteiger partial charge in [-0.25, -0.2) is 4.39 Å². The molecule has 0 radical (unpaired) electrons. The second kappa shape index (κ2) is 6.88. The second-order valence-corrected chi connectivity index (χ2v) is 5.83. The Kier molecular flexibility index (Phi) is 4.68. The van der Waals surface area contributed by atoms with E-state index < -0.39 is 0 Å². The number of hydrogen-bond acceptors (Lipinski definition) is 2. The molecule has 0 N–H and O–H groups in total. The predicted octanol–water partition coefficient (Wildman–Crippen LogP) is 4.18. The highest BCUT2D eigenvalue weighted by atomic mass is 32.1. The maximum Gasteiger partial charge on any atom is 0.123 e. The van der Waals surface area contributed by atoms with Crippen LogP contribution in [0.2, 0.25) is 0 Å². The third kappa shape index (κ3) is 3.63. The van der Waals surface area contributed by atoms with E-state index >= 15 is 0 Å². The Hall–Kier alpha value is -1.94. The Labute approximate surface area is 135 Å². The van der Waals surface area contributed by atoms with E-state index in [2.05, 4.69) is 4.90 Å². The lowest BCUT2D eigenvalue weighted by atomic mass is 10.2. The SMILES string of the molecule is Fc1cccc(COc2ccc(C(=S)N3CCCC3)cc2)c1. The van der Waals surface area contributed by atoms with Crippen LogP contribution in [0.15, 0.2) is 48.5 Å². The van der Waals surface area contributed by atoms with E-state index in [4.69, 9.17) is 17.0 Å². The van der Waals surface area contributed by atoms with Crippen LogP contribution in [0.25, 0.3) is 0 Å². The molecule has 0 saturated carbocycles. The summed E-state index contributed by atoms with van der Waals surface area (Å²) in [6.45, 7) is 2.46. The molecular weight excluding hydrogens is 297 g/mol. The minimum Gasteiger partial charge on any atom is -0.489 e. The summed E-state index contributed by atoms with van der Waals surface area (Å²) >= 11 is 5.52. The minimum absolute atomic E-state index is 0.243. The van der Waals surface area contributed by atoms with Gasteiger partial charge in [0.1, 0.15) is 23.2 Å². The van der Waals surface area contributed by atoms with Gasteiger partial charge in [-0.05, 0) is 54.8 Å². The summed E-state index contributed by atoms with van der Waals surface area (Å²) in [6, 6.07) is 14.2. The van der Waals surface area contributed by atoms with Gasteiger partial charge >= 0.3 is 0 Å². The van der Waals surface area contributed by atoms with E-state index in [0.29, 0.717) is 6.61 Å². The number of hydrogen-bond donors (Lipinski definition) is 0. The van der Waals surface area contributed by atoms with Gasteiger partial charge in [0.2, 0.25) is 0 Å². The van der Waals surface area contributed by atoms with E-state index in [-0.39, 0.29) is 5.82 Å². The maximum absolute atomic E-state index is 13.1. The van der Waals surface area contributed by atoms with Gasteiger partial charge in [0.25, 0.3) is 0 Å². The largest absolute Gasteiger partial charge is 0.489 e. The number of thiocarbonyl (C=S) groups is 1. The van der Waals surface area contributed by atoms with Crippen molar-refractivity contribution < 1.29 is 9.13 Å². The van der Waals surface area contributed by atoms with Gasteiger partial charge in [0.15, 0.2) is 0 Å². The highest BCUT2D eigenvalue weighted by molar-refractivity contribution is 7.80. The average Bonchev–Trinajstić information content (AvgIpc) is 3.07. The Morgan fingerprint density at radius 1 is 1.09 bits per heavy atom. The first-order chi connectivity index (χ1) is 10.7. The number of halogens is 1. The van der Waals surface area contributed by atoms with Crippen LogP contribution >= 0.6 is 12.2 Å².